The molecule has 2 nitrogen and oxygen atoms in total. The third-order valence-corrected chi connectivity index (χ3v) is 2.73. The predicted octanol–water partition coefficient (Wildman–Crippen LogP) is 4.02. The molecule has 0 spiro atoms. The minimum atomic E-state index is -0.227. The van der Waals surface area contributed by atoms with Crippen molar-refractivity contribution >= 4 is 0 Å². The Bertz CT molecular complexity index is 302. The second-order valence-electron chi connectivity index (χ2n) is 5.23. The summed E-state index contributed by atoms with van der Waals surface area (Å²) in [5.41, 5.74) is 0.956. The van der Waals surface area contributed by atoms with Gasteiger partial charge in [0.1, 0.15) is 0 Å². The van der Waals surface area contributed by atoms with Gasteiger partial charge < -0.3 is 5.21 Å². The zero-order valence-electron chi connectivity index (χ0n) is 10.8. The van der Waals surface area contributed by atoms with Gasteiger partial charge in [-0.25, -0.2) is 0 Å². The van der Waals surface area contributed by atoms with Crippen LogP contribution in [0.25, 0.3) is 0 Å². The lowest BCUT2D eigenvalue weighted by molar-refractivity contribution is -0.191. The van der Waals surface area contributed by atoms with Gasteiger partial charge in [0.15, 0.2) is 0 Å². The van der Waals surface area contributed by atoms with Crippen LogP contribution in [0.15, 0.2) is 30.3 Å². The first-order valence-corrected chi connectivity index (χ1v) is 6.00. The van der Waals surface area contributed by atoms with E-state index in [1.54, 1.807) is 0 Å². The van der Waals surface area contributed by atoms with Gasteiger partial charge in [-0.2, -0.15) is 5.06 Å². The zero-order chi connectivity index (χ0) is 12.2. The van der Waals surface area contributed by atoms with Gasteiger partial charge in [-0.05, 0) is 32.8 Å². The Morgan fingerprint density at radius 2 is 1.75 bits per heavy atom. The van der Waals surface area contributed by atoms with E-state index in [1.807, 2.05) is 39.0 Å². The van der Waals surface area contributed by atoms with Crippen LogP contribution in [0.2, 0.25) is 0 Å². The van der Waals surface area contributed by atoms with Crippen molar-refractivity contribution in [2.24, 2.45) is 0 Å². The lowest BCUT2D eigenvalue weighted by Crippen LogP contribution is -2.41. The van der Waals surface area contributed by atoms with E-state index < -0.39 is 0 Å². The van der Waals surface area contributed by atoms with E-state index >= 15 is 0 Å². The van der Waals surface area contributed by atoms with Gasteiger partial charge in [0.05, 0.1) is 6.04 Å². The first-order chi connectivity index (χ1) is 7.46. The van der Waals surface area contributed by atoms with Crippen LogP contribution in [0, 0.1) is 0 Å². The standard InChI is InChI=1S/C14H23NO/c1-5-9-13(15(16)14(2,3)4)12-10-7-6-8-11-12/h6-8,10-11,13,16H,5,9H2,1-4H3. The summed E-state index contributed by atoms with van der Waals surface area (Å²) in [7, 11) is 0. The molecule has 0 aliphatic carbocycles. The molecule has 0 saturated heterocycles. The van der Waals surface area contributed by atoms with Crippen LogP contribution >= 0.6 is 0 Å². The van der Waals surface area contributed by atoms with Crippen LogP contribution in [0.3, 0.4) is 0 Å². The molecule has 0 radical (unpaired) electrons. The Hall–Kier alpha value is -0.860. The molecule has 1 aromatic carbocycles. The van der Waals surface area contributed by atoms with Gasteiger partial charge in [0, 0.05) is 5.54 Å². The Balaban J connectivity index is 2.92. The second kappa shape index (κ2) is 5.46. The van der Waals surface area contributed by atoms with Crippen molar-refractivity contribution in [2.45, 2.75) is 52.1 Å². The van der Waals surface area contributed by atoms with E-state index in [1.165, 1.54) is 10.6 Å². The van der Waals surface area contributed by atoms with E-state index in [-0.39, 0.29) is 11.6 Å². The number of nitrogens with zero attached hydrogens (tertiary/aromatic N) is 1. The summed E-state index contributed by atoms with van der Waals surface area (Å²) >= 11 is 0. The van der Waals surface area contributed by atoms with E-state index in [9.17, 15) is 5.21 Å². The third-order valence-electron chi connectivity index (χ3n) is 2.73. The van der Waals surface area contributed by atoms with Crippen LogP contribution in [-0.2, 0) is 0 Å². The Kier molecular flexibility index (Phi) is 4.51. The van der Waals surface area contributed by atoms with Gasteiger partial charge >= 0.3 is 0 Å². The lowest BCUT2D eigenvalue weighted by atomic mass is 9.97. The third kappa shape index (κ3) is 3.32. The summed E-state index contributed by atoms with van der Waals surface area (Å²) in [5.74, 6) is 0. The fourth-order valence-electron chi connectivity index (χ4n) is 1.85. The van der Waals surface area contributed by atoms with Crippen molar-refractivity contribution in [1.82, 2.24) is 5.06 Å². The molecule has 16 heavy (non-hydrogen) atoms. The van der Waals surface area contributed by atoms with Gasteiger partial charge in [0.25, 0.3) is 0 Å². The van der Waals surface area contributed by atoms with Crippen molar-refractivity contribution in [3.05, 3.63) is 35.9 Å². The Morgan fingerprint density at radius 3 is 2.19 bits per heavy atom. The van der Waals surface area contributed by atoms with E-state index in [0.717, 1.165) is 12.8 Å². The van der Waals surface area contributed by atoms with Crippen LogP contribution in [0.1, 0.15) is 52.1 Å². The lowest BCUT2D eigenvalue weighted by Gasteiger charge is -2.36. The minimum Gasteiger partial charge on any atom is -0.313 e. The largest absolute Gasteiger partial charge is 0.313 e. The van der Waals surface area contributed by atoms with Gasteiger partial charge in [-0.15, -0.1) is 0 Å². The van der Waals surface area contributed by atoms with Crippen molar-refractivity contribution < 1.29 is 5.21 Å². The molecule has 0 bridgehead atoms. The van der Waals surface area contributed by atoms with Crippen molar-refractivity contribution in [2.75, 3.05) is 0 Å². The monoisotopic (exact) mass is 221 g/mol. The van der Waals surface area contributed by atoms with E-state index in [2.05, 4.69) is 19.1 Å². The molecule has 0 saturated carbocycles. The number of rotatable bonds is 4. The SMILES string of the molecule is CCCC(c1ccccc1)N(O)C(C)(C)C. The molecule has 0 aliphatic rings. The van der Waals surface area contributed by atoms with Crippen LogP contribution < -0.4 is 0 Å². The zero-order valence-corrected chi connectivity index (χ0v) is 10.8. The van der Waals surface area contributed by atoms with Crippen molar-refractivity contribution in [1.29, 1.82) is 0 Å². The smallest absolute Gasteiger partial charge is 0.0605 e. The average Bonchev–Trinajstić information content (AvgIpc) is 2.25. The first kappa shape index (κ1) is 13.2. The summed E-state index contributed by atoms with van der Waals surface area (Å²) in [6.45, 7) is 8.22. The highest BCUT2D eigenvalue weighted by molar-refractivity contribution is 5.19. The Morgan fingerprint density at radius 1 is 1.19 bits per heavy atom. The molecule has 90 valence electrons. The van der Waals surface area contributed by atoms with Gasteiger partial charge in [-0.3, -0.25) is 0 Å². The normalized spacial score (nSPS) is 14.1. The first-order valence-electron chi connectivity index (χ1n) is 6.00. The topological polar surface area (TPSA) is 23.5 Å². The highest BCUT2D eigenvalue weighted by Crippen LogP contribution is 2.29. The molecule has 1 unspecified atom stereocenters. The molecule has 0 fully saturated rings. The number of hydroxylamine groups is 2. The van der Waals surface area contributed by atoms with Crippen LogP contribution in [0.5, 0.6) is 0 Å². The predicted molar refractivity (Wildman–Crippen MR) is 67.5 cm³/mol. The number of hydrogen-bond donors (Lipinski definition) is 1. The van der Waals surface area contributed by atoms with Gasteiger partial charge in [0.2, 0.25) is 0 Å². The van der Waals surface area contributed by atoms with Crippen LogP contribution in [-0.4, -0.2) is 15.8 Å². The maximum Gasteiger partial charge on any atom is 0.0605 e. The molecule has 0 amide bonds. The van der Waals surface area contributed by atoms with Crippen molar-refractivity contribution in [3.63, 3.8) is 0 Å². The quantitative estimate of drug-likeness (QED) is 0.776. The summed E-state index contributed by atoms with van der Waals surface area (Å²) in [6, 6.07) is 10.3. The molecule has 1 rings (SSSR count). The molecule has 1 aromatic rings. The second-order valence-corrected chi connectivity index (χ2v) is 5.23. The van der Waals surface area contributed by atoms with E-state index in [0.29, 0.717) is 0 Å². The molecule has 0 heterocycles. The number of hydrogen-bond acceptors (Lipinski definition) is 2. The molecular weight excluding hydrogens is 198 g/mol. The molecule has 2 heteroatoms. The fourth-order valence-corrected chi connectivity index (χ4v) is 1.85. The van der Waals surface area contributed by atoms with Crippen LogP contribution in [0.4, 0.5) is 0 Å². The van der Waals surface area contributed by atoms with Gasteiger partial charge in [-0.1, -0.05) is 43.7 Å². The molecule has 1 atom stereocenters. The summed E-state index contributed by atoms with van der Waals surface area (Å²) in [4.78, 5) is 0. The van der Waals surface area contributed by atoms with Crippen molar-refractivity contribution in [3.8, 4) is 0 Å². The maximum atomic E-state index is 10.3. The fraction of sp³-hybridized carbons (Fsp3) is 0.571. The molecular formula is C14H23NO. The highest BCUT2D eigenvalue weighted by Gasteiger charge is 2.27. The summed E-state index contributed by atoms with van der Waals surface area (Å²) < 4.78 is 0. The highest BCUT2D eigenvalue weighted by atomic mass is 16.5. The summed E-state index contributed by atoms with van der Waals surface area (Å²) in [5, 5.41) is 11.7. The Labute approximate surface area is 98.9 Å². The molecule has 0 aromatic heterocycles. The van der Waals surface area contributed by atoms with E-state index in [4.69, 9.17) is 0 Å². The number of benzene rings is 1. The maximum absolute atomic E-state index is 10.3. The summed E-state index contributed by atoms with van der Waals surface area (Å²) in [6.07, 6.45) is 2.03. The molecule has 0 aliphatic heterocycles. The minimum absolute atomic E-state index is 0.0891. The average molecular weight is 221 g/mol. The molecule has 1 N–H and O–H groups in total.